The molecule has 3 aromatic rings. The fraction of sp³-hybridized carbons (Fsp3) is 0.294. The number of aryl methyl sites for hydroxylation is 1. The van der Waals surface area contributed by atoms with Crippen molar-refractivity contribution < 1.29 is 4.79 Å². The number of hydrogen-bond acceptors (Lipinski definition) is 5. The van der Waals surface area contributed by atoms with E-state index in [4.69, 9.17) is 0 Å². The monoisotopic (exact) mass is 324 g/mol. The molecule has 3 rings (SSSR count). The van der Waals surface area contributed by atoms with Crippen molar-refractivity contribution in [2.45, 2.75) is 20.8 Å². The number of carbonyl (C=O) groups excluding carboxylic acids is 1. The first kappa shape index (κ1) is 15.9. The van der Waals surface area contributed by atoms with Crippen LogP contribution >= 0.6 is 0 Å². The Morgan fingerprint density at radius 1 is 1.21 bits per heavy atom. The van der Waals surface area contributed by atoms with Gasteiger partial charge in [0, 0.05) is 25.0 Å². The number of amides is 1. The first-order valence-corrected chi connectivity index (χ1v) is 7.95. The number of rotatable bonds is 5. The number of anilines is 2. The Kier molecular flexibility index (Phi) is 4.41. The van der Waals surface area contributed by atoms with Crippen LogP contribution in [-0.2, 0) is 0 Å². The van der Waals surface area contributed by atoms with Crippen LogP contribution in [0.5, 0.6) is 0 Å². The molecule has 0 fully saturated rings. The van der Waals surface area contributed by atoms with Gasteiger partial charge in [0.15, 0.2) is 5.65 Å². The summed E-state index contributed by atoms with van der Waals surface area (Å²) in [5.74, 6) is 0.645. The van der Waals surface area contributed by atoms with Crippen LogP contribution in [0.1, 0.15) is 29.9 Å². The number of carbonyl (C=O) groups is 1. The van der Waals surface area contributed by atoms with Crippen LogP contribution in [0.2, 0.25) is 0 Å². The summed E-state index contributed by atoms with van der Waals surface area (Å²) in [6.45, 7) is 7.83. The number of nitrogens with zero attached hydrogens (tertiary/aromatic N) is 5. The van der Waals surface area contributed by atoms with E-state index in [-0.39, 0.29) is 5.91 Å². The summed E-state index contributed by atoms with van der Waals surface area (Å²) in [5.41, 5.74) is 2.46. The average molecular weight is 324 g/mol. The molecule has 24 heavy (non-hydrogen) atoms. The second-order valence-electron chi connectivity index (χ2n) is 5.43. The lowest BCUT2D eigenvalue weighted by Crippen LogP contribution is -2.22. The Morgan fingerprint density at radius 3 is 2.67 bits per heavy atom. The summed E-state index contributed by atoms with van der Waals surface area (Å²) in [4.78, 5) is 23.4. The SMILES string of the molecule is CCN(CC)c1ccc(NC(=O)c2cnn3ccc(C)nc23)cn1. The molecule has 1 N–H and O–H groups in total. The topological polar surface area (TPSA) is 75.4 Å². The molecule has 0 atom stereocenters. The second kappa shape index (κ2) is 6.66. The number of aromatic nitrogens is 4. The van der Waals surface area contributed by atoms with Gasteiger partial charge in [-0.1, -0.05) is 0 Å². The van der Waals surface area contributed by atoms with Gasteiger partial charge in [-0.25, -0.2) is 14.5 Å². The van der Waals surface area contributed by atoms with E-state index >= 15 is 0 Å². The standard InChI is InChI=1S/C17H20N6O/c1-4-22(5-2)15-7-6-13(10-18-15)21-17(24)14-11-19-23-9-8-12(3)20-16(14)23/h6-11H,4-5H2,1-3H3,(H,21,24). The highest BCUT2D eigenvalue weighted by Gasteiger charge is 2.14. The van der Waals surface area contributed by atoms with Crippen LogP contribution in [0.25, 0.3) is 5.65 Å². The molecule has 124 valence electrons. The van der Waals surface area contributed by atoms with Crippen molar-refractivity contribution in [1.29, 1.82) is 0 Å². The van der Waals surface area contributed by atoms with Gasteiger partial charge >= 0.3 is 0 Å². The summed E-state index contributed by atoms with van der Waals surface area (Å²) in [7, 11) is 0. The van der Waals surface area contributed by atoms with E-state index in [0.717, 1.165) is 24.6 Å². The van der Waals surface area contributed by atoms with E-state index in [0.29, 0.717) is 16.9 Å². The Balaban J connectivity index is 1.80. The van der Waals surface area contributed by atoms with Gasteiger partial charge in [-0.2, -0.15) is 5.10 Å². The lowest BCUT2D eigenvalue weighted by molar-refractivity contribution is 0.102. The lowest BCUT2D eigenvalue weighted by Gasteiger charge is -2.19. The van der Waals surface area contributed by atoms with Gasteiger partial charge in [-0.3, -0.25) is 4.79 Å². The van der Waals surface area contributed by atoms with Crippen LogP contribution in [0, 0.1) is 6.92 Å². The zero-order chi connectivity index (χ0) is 17.1. The van der Waals surface area contributed by atoms with Crippen molar-refractivity contribution in [1.82, 2.24) is 19.6 Å². The summed E-state index contributed by atoms with van der Waals surface area (Å²) >= 11 is 0. The third-order valence-electron chi connectivity index (χ3n) is 3.85. The van der Waals surface area contributed by atoms with E-state index in [1.54, 1.807) is 16.9 Å². The molecule has 0 bridgehead atoms. The van der Waals surface area contributed by atoms with Crippen molar-refractivity contribution in [2.75, 3.05) is 23.3 Å². The fourth-order valence-electron chi connectivity index (χ4n) is 2.51. The maximum Gasteiger partial charge on any atom is 0.261 e. The summed E-state index contributed by atoms with van der Waals surface area (Å²) in [6.07, 6.45) is 4.97. The summed E-state index contributed by atoms with van der Waals surface area (Å²) < 4.78 is 1.59. The van der Waals surface area contributed by atoms with Crippen LogP contribution < -0.4 is 10.2 Å². The van der Waals surface area contributed by atoms with E-state index in [1.165, 1.54) is 6.20 Å². The largest absolute Gasteiger partial charge is 0.357 e. The molecule has 0 radical (unpaired) electrons. The molecule has 0 unspecified atom stereocenters. The molecule has 7 nitrogen and oxygen atoms in total. The van der Waals surface area contributed by atoms with E-state index in [9.17, 15) is 4.79 Å². The van der Waals surface area contributed by atoms with Gasteiger partial charge in [0.05, 0.1) is 18.1 Å². The van der Waals surface area contributed by atoms with Gasteiger partial charge in [0.1, 0.15) is 11.4 Å². The van der Waals surface area contributed by atoms with Crippen LogP contribution in [0.4, 0.5) is 11.5 Å². The molecule has 0 aromatic carbocycles. The van der Waals surface area contributed by atoms with Crippen molar-refractivity contribution in [3.63, 3.8) is 0 Å². The van der Waals surface area contributed by atoms with Gasteiger partial charge in [0.25, 0.3) is 5.91 Å². The highest BCUT2D eigenvalue weighted by Crippen LogP contribution is 2.16. The second-order valence-corrected chi connectivity index (χ2v) is 5.43. The first-order valence-electron chi connectivity index (χ1n) is 7.95. The minimum Gasteiger partial charge on any atom is -0.357 e. The van der Waals surface area contributed by atoms with Crippen molar-refractivity contribution in [3.8, 4) is 0 Å². The van der Waals surface area contributed by atoms with E-state index in [1.807, 2.05) is 25.1 Å². The third-order valence-corrected chi connectivity index (χ3v) is 3.85. The summed E-state index contributed by atoms with van der Waals surface area (Å²) in [6, 6.07) is 5.60. The molecule has 0 aliphatic heterocycles. The molecule has 7 heteroatoms. The number of hydrogen-bond donors (Lipinski definition) is 1. The smallest absolute Gasteiger partial charge is 0.261 e. The maximum atomic E-state index is 12.5. The number of pyridine rings is 1. The molecule has 0 saturated heterocycles. The Bertz CT molecular complexity index is 851. The number of nitrogens with one attached hydrogen (secondary N) is 1. The zero-order valence-electron chi connectivity index (χ0n) is 14.0. The minimum absolute atomic E-state index is 0.250. The molecular formula is C17H20N6O. The van der Waals surface area contributed by atoms with Gasteiger partial charge < -0.3 is 10.2 Å². The van der Waals surface area contributed by atoms with Crippen molar-refractivity contribution in [2.24, 2.45) is 0 Å². The highest BCUT2D eigenvalue weighted by atomic mass is 16.1. The van der Waals surface area contributed by atoms with Crippen molar-refractivity contribution in [3.05, 3.63) is 48.0 Å². The van der Waals surface area contributed by atoms with Crippen LogP contribution in [0.3, 0.4) is 0 Å². The van der Waals surface area contributed by atoms with E-state index in [2.05, 4.69) is 39.1 Å². The third kappa shape index (κ3) is 3.05. The minimum atomic E-state index is -0.250. The molecule has 0 aliphatic carbocycles. The predicted molar refractivity (Wildman–Crippen MR) is 93.5 cm³/mol. The van der Waals surface area contributed by atoms with Crippen molar-refractivity contribution >= 4 is 23.1 Å². The molecular weight excluding hydrogens is 304 g/mol. The van der Waals surface area contributed by atoms with Gasteiger partial charge in [-0.15, -0.1) is 0 Å². The van der Waals surface area contributed by atoms with Crippen LogP contribution in [0.15, 0.2) is 36.8 Å². The highest BCUT2D eigenvalue weighted by molar-refractivity contribution is 6.08. The quantitative estimate of drug-likeness (QED) is 0.780. The number of fused-ring (bicyclic) bond motifs is 1. The van der Waals surface area contributed by atoms with E-state index < -0.39 is 0 Å². The lowest BCUT2D eigenvalue weighted by atomic mass is 10.3. The molecule has 0 saturated carbocycles. The summed E-state index contributed by atoms with van der Waals surface area (Å²) in [5, 5.41) is 7.00. The Labute approximate surface area is 140 Å². The Hall–Kier alpha value is -2.96. The van der Waals surface area contributed by atoms with Gasteiger partial charge in [-0.05, 0) is 39.0 Å². The average Bonchev–Trinajstić information content (AvgIpc) is 3.00. The first-order chi connectivity index (χ1) is 11.6. The van der Waals surface area contributed by atoms with Gasteiger partial charge in [0.2, 0.25) is 0 Å². The predicted octanol–water partition coefficient (Wildman–Crippen LogP) is 2.53. The normalized spacial score (nSPS) is 10.8. The molecule has 3 heterocycles. The Morgan fingerprint density at radius 2 is 2.00 bits per heavy atom. The molecule has 3 aromatic heterocycles. The zero-order valence-corrected chi connectivity index (χ0v) is 14.0. The fourth-order valence-corrected chi connectivity index (χ4v) is 2.51. The molecule has 1 amide bonds. The molecule has 0 spiro atoms. The maximum absolute atomic E-state index is 12.5. The van der Waals surface area contributed by atoms with Crippen LogP contribution in [-0.4, -0.2) is 38.6 Å². The molecule has 0 aliphatic rings.